The van der Waals surface area contributed by atoms with E-state index in [4.69, 9.17) is 5.73 Å². The highest BCUT2D eigenvalue weighted by atomic mass is 16.1. The second-order valence-corrected chi connectivity index (χ2v) is 5.02. The minimum Gasteiger partial charge on any atom is -0.348 e. The fourth-order valence-electron chi connectivity index (χ4n) is 1.94. The van der Waals surface area contributed by atoms with Crippen LogP contribution in [0.4, 0.5) is 0 Å². The van der Waals surface area contributed by atoms with Crippen LogP contribution in [-0.2, 0) is 0 Å². The number of unbranched alkanes of at least 4 members (excludes halogenated alkanes) is 1. The van der Waals surface area contributed by atoms with E-state index in [-0.39, 0.29) is 17.9 Å². The van der Waals surface area contributed by atoms with E-state index in [1.807, 2.05) is 13.8 Å². The Labute approximate surface area is 115 Å². The number of hydrogen-bond acceptors (Lipinski definition) is 4. The maximum Gasteiger partial charge on any atom is 0.254 e. The molecule has 1 atom stereocenters. The van der Waals surface area contributed by atoms with Gasteiger partial charge in [-0.25, -0.2) is 9.97 Å². The molecule has 0 radical (unpaired) electrons. The van der Waals surface area contributed by atoms with E-state index in [0.29, 0.717) is 12.1 Å². The van der Waals surface area contributed by atoms with Gasteiger partial charge in [0.15, 0.2) is 0 Å². The van der Waals surface area contributed by atoms with Crippen molar-refractivity contribution in [3.8, 4) is 0 Å². The maximum absolute atomic E-state index is 12.3. The molecule has 0 aliphatic rings. The Morgan fingerprint density at radius 2 is 2.21 bits per heavy atom. The van der Waals surface area contributed by atoms with E-state index in [2.05, 4.69) is 22.2 Å². The van der Waals surface area contributed by atoms with Gasteiger partial charge < -0.3 is 11.1 Å². The number of aromatic nitrogens is 2. The molecule has 1 aromatic heterocycles. The lowest BCUT2D eigenvalue weighted by atomic mass is 10.0. The summed E-state index contributed by atoms with van der Waals surface area (Å²) in [5.74, 6) is 0.0616. The molecule has 3 N–H and O–H groups in total. The minimum atomic E-state index is -0.129. The van der Waals surface area contributed by atoms with Crippen molar-refractivity contribution in [3.05, 3.63) is 23.8 Å². The fraction of sp³-hybridized carbons (Fsp3) is 0.643. The van der Waals surface area contributed by atoms with Gasteiger partial charge in [0, 0.05) is 18.8 Å². The lowest BCUT2D eigenvalue weighted by molar-refractivity contribution is 0.0933. The molecule has 0 spiro atoms. The molecule has 1 rings (SSSR count). The first kappa shape index (κ1) is 15.6. The summed E-state index contributed by atoms with van der Waals surface area (Å²) in [4.78, 5) is 20.4. The standard InChI is InChI=1S/C14H24N4O/c1-4-5-6-11(7-15)18-14(19)12-8-16-9-17-13(12)10(2)3/h8-11H,4-7,15H2,1-3H3,(H,18,19). The molecule has 1 unspecified atom stereocenters. The Hall–Kier alpha value is -1.49. The Kier molecular flexibility index (Phi) is 6.42. The summed E-state index contributed by atoms with van der Waals surface area (Å²) in [6, 6.07) is 0.0210. The predicted octanol–water partition coefficient (Wildman–Crippen LogP) is 1.85. The maximum atomic E-state index is 12.3. The topological polar surface area (TPSA) is 80.9 Å². The van der Waals surface area contributed by atoms with Gasteiger partial charge in [-0.3, -0.25) is 4.79 Å². The lowest BCUT2D eigenvalue weighted by Crippen LogP contribution is -2.40. The van der Waals surface area contributed by atoms with Crippen LogP contribution in [0.5, 0.6) is 0 Å². The molecule has 0 aromatic carbocycles. The van der Waals surface area contributed by atoms with Gasteiger partial charge in [-0.2, -0.15) is 0 Å². The van der Waals surface area contributed by atoms with Gasteiger partial charge in [-0.15, -0.1) is 0 Å². The molecule has 1 heterocycles. The molecule has 0 aliphatic heterocycles. The lowest BCUT2D eigenvalue weighted by Gasteiger charge is -2.18. The van der Waals surface area contributed by atoms with Crippen molar-refractivity contribution in [2.24, 2.45) is 5.73 Å². The van der Waals surface area contributed by atoms with Gasteiger partial charge >= 0.3 is 0 Å². The van der Waals surface area contributed by atoms with Gasteiger partial charge in [0.2, 0.25) is 0 Å². The summed E-state index contributed by atoms with van der Waals surface area (Å²) < 4.78 is 0. The number of rotatable bonds is 7. The van der Waals surface area contributed by atoms with E-state index < -0.39 is 0 Å². The van der Waals surface area contributed by atoms with E-state index in [0.717, 1.165) is 25.0 Å². The summed E-state index contributed by atoms with van der Waals surface area (Å²) in [6.45, 7) is 6.60. The number of hydrogen-bond donors (Lipinski definition) is 2. The molecule has 0 fully saturated rings. The molecule has 5 heteroatoms. The van der Waals surface area contributed by atoms with E-state index in [1.165, 1.54) is 6.33 Å². The van der Waals surface area contributed by atoms with Gasteiger partial charge in [-0.1, -0.05) is 33.6 Å². The van der Waals surface area contributed by atoms with Crippen molar-refractivity contribution in [1.29, 1.82) is 0 Å². The van der Waals surface area contributed by atoms with Crippen molar-refractivity contribution in [1.82, 2.24) is 15.3 Å². The van der Waals surface area contributed by atoms with Crippen LogP contribution in [-0.4, -0.2) is 28.5 Å². The summed E-state index contributed by atoms with van der Waals surface area (Å²) in [5.41, 5.74) is 7.02. The van der Waals surface area contributed by atoms with Crippen molar-refractivity contribution in [3.63, 3.8) is 0 Å². The largest absolute Gasteiger partial charge is 0.348 e. The van der Waals surface area contributed by atoms with E-state index >= 15 is 0 Å². The Balaban J connectivity index is 2.77. The molecular formula is C14H24N4O. The van der Waals surface area contributed by atoms with Crippen LogP contribution < -0.4 is 11.1 Å². The second-order valence-electron chi connectivity index (χ2n) is 5.02. The van der Waals surface area contributed by atoms with Crippen molar-refractivity contribution >= 4 is 5.91 Å². The van der Waals surface area contributed by atoms with E-state index in [1.54, 1.807) is 6.20 Å². The highest BCUT2D eigenvalue weighted by molar-refractivity contribution is 5.95. The summed E-state index contributed by atoms with van der Waals surface area (Å²) in [7, 11) is 0. The zero-order valence-electron chi connectivity index (χ0n) is 12.0. The third-order valence-electron chi connectivity index (χ3n) is 3.06. The van der Waals surface area contributed by atoms with Crippen LogP contribution in [0, 0.1) is 0 Å². The molecule has 5 nitrogen and oxygen atoms in total. The highest BCUT2D eigenvalue weighted by Gasteiger charge is 2.17. The van der Waals surface area contributed by atoms with Gasteiger partial charge in [0.25, 0.3) is 5.91 Å². The summed E-state index contributed by atoms with van der Waals surface area (Å²) in [6.07, 6.45) is 6.11. The quantitative estimate of drug-likeness (QED) is 0.787. The van der Waals surface area contributed by atoms with Crippen LogP contribution in [0.25, 0.3) is 0 Å². The first-order valence-electron chi connectivity index (χ1n) is 6.90. The third kappa shape index (κ3) is 4.59. The van der Waals surface area contributed by atoms with Crippen LogP contribution >= 0.6 is 0 Å². The molecule has 1 amide bonds. The molecule has 0 bridgehead atoms. The van der Waals surface area contributed by atoms with E-state index in [9.17, 15) is 4.79 Å². The van der Waals surface area contributed by atoms with Crippen LogP contribution in [0.2, 0.25) is 0 Å². The van der Waals surface area contributed by atoms with Crippen molar-refractivity contribution in [2.75, 3.05) is 6.54 Å². The number of amides is 1. The molecular weight excluding hydrogens is 240 g/mol. The minimum absolute atomic E-state index is 0.0210. The van der Waals surface area contributed by atoms with Gasteiger partial charge in [0.1, 0.15) is 6.33 Å². The summed E-state index contributed by atoms with van der Waals surface area (Å²) >= 11 is 0. The van der Waals surface area contributed by atoms with Gasteiger partial charge in [0.05, 0.1) is 11.3 Å². The summed E-state index contributed by atoms with van der Waals surface area (Å²) in [5, 5.41) is 2.97. The van der Waals surface area contributed by atoms with Crippen molar-refractivity contribution in [2.45, 2.75) is 52.0 Å². The highest BCUT2D eigenvalue weighted by Crippen LogP contribution is 2.15. The number of nitrogens with zero attached hydrogens (tertiary/aromatic N) is 2. The Morgan fingerprint density at radius 1 is 1.47 bits per heavy atom. The number of nitrogens with one attached hydrogen (secondary N) is 1. The molecule has 0 saturated heterocycles. The number of carbonyl (C=O) groups is 1. The first-order valence-corrected chi connectivity index (χ1v) is 6.90. The predicted molar refractivity (Wildman–Crippen MR) is 76.0 cm³/mol. The Morgan fingerprint density at radius 3 is 2.79 bits per heavy atom. The Bertz CT molecular complexity index is 406. The normalized spacial score (nSPS) is 12.5. The van der Waals surface area contributed by atoms with Crippen LogP contribution in [0.3, 0.4) is 0 Å². The van der Waals surface area contributed by atoms with Gasteiger partial charge in [-0.05, 0) is 12.3 Å². The average molecular weight is 264 g/mol. The van der Waals surface area contributed by atoms with Crippen molar-refractivity contribution < 1.29 is 4.79 Å². The monoisotopic (exact) mass is 264 g/mol. The smallest absolute Gasteiger partial charge is 0.254 e. The average Bonchev–Trinajstić information content (AvgIpc) is 2.43. The van der Waals surface area contributed by atoms with Crippen LogP contribution in [0.1, 0.15) is 62.0 Å². The third-order valence-corrected chi connectivity index (χ3v) is 3.06. The molecule has 0 saturated carbocycles. The molecule has 106 valence electrons. The first-order chi connectivity index (χ1) is 9.10. The molecule has 19 heavy (non-hydrogen) atoms. The fourth-order valence-corrected chi connectivity index (χ4v) is 1.94. The molecule has 1 aromatic rings. The number of carbonyl (C=O) groups excluding carboxylic acids is 1. The SMILES string of the molecule is CCCCC(CN)NC(=O)c1cncnc1C(C)C. The van der Waals surface area contributed by atoms with Crippen LogP contribution in [0.15, 0.2) is 12.5 Å². The second kappa shape index (κ2) is 7.84. The zero-order valence-corrected chi connectivity index (χ0v) is 12.0. The zero-order chi connectivity index (χ0) is 14.3. The molecule has 0 aliphatic carbocycles. The number of nitrogens with two attached hydrogens (primary N) is 1.